The molecule has 0 N–H and O–H groups in total. The highest BCUT2D eigenvalue weighted by Crippen LogP contribution is 2.37. The lowest BCUT2D eigenvalue weighted by molar-refractivity contribution is -0.385. The number of nitro benzene ring substituents is 1. The molecule has 0 bridgehead atoms. The zero-order valence-corrected chi connectivity index (χ0v) is 19.4. The van der Waals surface area contributed by atoms with Crippen LogP contribution in [0, 0.1) is 10.1 Å². The average molecular weight is 476 g/mol. The molecular weight excluding hydrogens is 454 g/mol. The van der Waals surface area contributed by atoms with Gasteiger partial charge in [0.05, 0.1) is 17.6 Å². The van der Waals surface area contributed by atoms with Gasteiger partial charge in [0.1, 0.15) is 5.75 Å². The monoisotopic (exact) mass is 475 g/mol. The molecule has 0 fully saturated rings. The molecule has 1 atom stereocenters. The lowest BCUT2D eigenvalue weighted by atomic mass is 10.1. The van der Waals surface area contributed by atoms with E-state index < -0.39 is 4.92 Å². The molecule has 2 aromatic carbocycles. The number of fused-ring (bicyclic) bond motifs is 1. The van der Waals surface area contributed by atoms with Crippen LogP contribution in [0.5, 0.6) is 5.75 Å². The summed E-state index contributed by atoms with van der Waals surface area (Å²) in [5.41, 5.74) is 2.28. The maximum Gasteiger partial charge on any atom is 0.270 e. The highest BCUT2D eigenvalue weighted by Gasteiger charge is 2.24. The Balaban J connectivity index is 1.70. The number of non-ortho nitro benzene ring substituents is 1. The molecular formula is C21H22ClN5O4S. The molecule has 9 nitrogen and oxygen atoms in total. The van der Waals surface area contributed by atoms with E-state index in [2.05, 4.69) is 22.0 Å². The van der Waals surface area contributed by atoms with Crippen LogP contribution in [0.2, 0.25) is 5.02 Å². The van der Waals surface area contributed by atoms with Gasteiger partial charge in [-0.05, 0) is 45.3 Å². The van der Waals surface area contributed by atoms with Gasteiger partial charge < -0.3 is 9.47 Å². The summed E-state index contributed by atoms with van der Waals surface area (Å²) >= 11 is 7.52. The van der Waals surface area contributed by atoms with Crippen molar-refractivity contribution in [2.24, 2.45) is 0 Å². The van der Waals surface area contributed by atoms with Crippen LogP contribution in [0.15, 0.2) is 41.6 Å². The van der Waals surface area contributed by atoms with E-state index in [9.17, 15) is 10.1 Å². The molecule has 1 aliphatic heterocycles. The molecule has 0 aliphatic carbocycles. The van der Waals surface area contributed by atoms with Crippen LogP contribution < -0.4 is 4.74 Å². The van der Waals surface area contributed by atoms with Crippen molar-refractivity contribution >= 4 is 29.1 Å². The van der Waals surface area contributed by atoms with E-state index >= 15 is 0 Å². The summed E-state index contributed by atoms with van der Waals surface area (Å²) in [6, 6.07) is 10.5. The minimum absolute atomic E-state index is 0.00883. The highest BCUT2D eigenvalue weighted by atomic mass is 35.5. The van der Waals surface area contributed by atoms with Gasteiger partial charge in [0.2, 0.25) is 0 Å². The average Bonchev–Trinajstić information content (AvgIpc) is 3.20. The number of hydrogen-bond acceptors (Lipinski definition) is 8. The normalized spacial score (nSPS) is 14.2. The summed E-state index contributed by atoms with van der Waals surface area (Å²) in [6.45, 7) is 2.45. The van der Waals surface area contributed by atoms with E-state index in [0.717, 1.165) is 17.1 Å². The lowest BCUT2D eigenvalue weighted by Gasteiger charge is -2.21. The molecule has 32 heavy (non-hydrogen) atoms. The number of benzene rings is 2. The van der Waals surface area contributed by atoms with Crippen molar-refractivity contribution in [1.82, 2.24) is 19.7 Å². The maximum atomic E-state index is 11.4. The number of hydrogen-bond donors (Lipinski definition) is 0. The molecule has 0 amide bonds. The van der Waals surface area contributed by atoms with E-state index in [1.54, 1.807) is 6.07 Å². The Morgan fingerprint density at radius 2 is 2.03 bits per heavy atom. The largest absolute Gasteiger partial charge is 0.467 e. The minimum Gasteiger partial charge on any atom is -0.467 e. The minimum atomic E-state index is -0.407. The van der Waals surface area contributed by atoms with E-state index in [0.29, 0.717) is 27.2 Å². The molecule has 1 aromatic heterocycles. The van der Waals surface area contributed by atoms with Crippen molar-refractivity contribution in [2.45, 2.75) is 30.5 Å². The zero-order chi connectivity index (χ0) is 22.8. The summed E-state index contributed by atoms with van der Waals surface area (Å²) < 4.78 is 12.9. The molecule has 4 rings (SSSR count). The summed E-state index contributed by atoms with van der Waals surface area (Å²) in [7, 11) is 3.96. The van der Waals surface area contributed by atoms with Crippen LogP contribution >= 0.6 is 23.4 Å². The quantitative estimate of drug-likeness (QED) is 0.277. The highest BCUT2D eigenvalue weighted by molar-refractivity contribution is 7.98. The molecule has 3 aromatic rings. The van der Waals surface area contributed by atoms with Gasteiger partial charge >= 0.3 is 0 Å². The van der Waals surface area contributed by atoms with Crippen LogP contribution in [0.3, 0.4) is 0 Å². The van der Waals surface area contributed by atoms with Gasteiger partial charge in [-0.15, -0.1) is 10.2 Å². The number of ether oxygens (including phenoxy) is 2. The third-order valence-electron chi connectivity index (χ3n) is 5.23. The molecule has 1 aliphatic rings. The van der Waals surface area contributed by atoms with Crippen LogP contribution in [0.1, 0.15) is 29.9 Å². The van der Waals surface area contributed by atoms with Gasteiger partial charge in [-0.1, -0.05) is 23.4 Å². The van der Waals surface area contributed by atoms with Gasteiger partial charge in [-0.25, -0.2) is 0 Å². The Morgan fingerprint density at radius 3 is 2.72 bits per heavy atom. The Labute approximate surface area is 194 Å². The van der Waals surface area contributed by atoms with Crippen molar-refractivity contribution in [2.75, 3.05) is 20.9 Å². The number of thioether (sulfide) groups is 1. The van der Waals surface area contributed by atoms with E-state index in [4.69, 9.17) is 21.1 Å². The zero-order valence-electron chi connectivity index (χ0n) is 17.8. The molecule has 2 heterocycles. The predicted octanol–water partition coefficient (Wildman–Crippen LogP) is 4.61. The molecule has 0 saturated heterocycles. The van der Waals surface area contributed by atoms with Crippen molar-refractivity contribution in [1.29, 1.82) is 0 Å². The van der Waals surface area contributed by atoms with E-state index in [-0.39, 0.29) is 25.1 Å². The van der Waals surface area contributed by atoms with Crippen molar-refractivity contribution in [3.63, 3.8) is 0 Å². The van der Waals surface area contributed by atoms with Crippen LogP contribution in [0.4, 0.5) is 5.69 Å². The number of nitrogens with zero attached hydrogens (tertiary/aromatic N) is 5. The van der Waals surface area contributed by atoms with Crippen molar-refractivity contribution in [3.05, 3.63) is 68.5 Å². The van der Waals surface area contributed by atoms with E-state index in [1.807, 2.05) is 42.9 Å². The van der Waals surface area contributed by atoms with Crippen LogP contribution in [0.25, 0.3) is 5.69 Å². The molecule has 0 unspecified atom stereocenters. The Hall–Kier alpha value is -2.66. The molecule has 168 valence electrons. The fourth-order valence-electron chi connectivity index (χ4n) is 3.34. The third kappa shape index (κ3) is 4.58. The standard InChI is InChI=1S/C21H22ClN5O4S/c1-13(25(2)3)20-23-24-21(26(20)17-6-4-16(22)5-7-17)32-11-15-9-18(27(28)29)8-14-10-30-12-31-19(14)15/h4-9,13H,10-12H2,1-3H3/t13-/m0/s1. The second kappa shape index (κ2) is 9.45. The topological polar surface area (TPSA) is 95.5 Å². The Kier molecular flexibility index (Phi) is 6.66. The summed E-state index contributed by atoms with van der Waals surface area (Å²) in [6.07, 6.45) is 0. The van der Waals surface area contributed by atoms with Crippen LogP contribution in [-0.2, 0) is 17.1 Å². The first-order valence-electron chi connectivity index (χ1n) is 9.86. The fourth-order valence-corrected chi connectivity index (χ4v) is 4.40. The van der Waals surface area contributed by atoms with Gasteiger partial charge in [0, 0.05) is 39.7 Å². The maximum absolute atomic E-state index is 11.4. The molecule has 0 saturated carbocycles. The van der Waals surface area contributed by atoms with Gasteiger partial charge in [0.15, 0.2) is 17.8 Å². The first-order valence-corrected chi connectivity index (χ1v) is 11.2. The molecule has 11 heteroatoms. The second-order valence-corrected chi connectivity index (χ2v) is 8.92. The first-order chi connectivity index (χ1) is 15.3. The number of rotatable bonds is 7. The Morgan fingerprint density at radius 1 is 1.28 bits per heavy atom. The SMILES string of the molecule is C[C@@H](c1nnc(SCc2cc([N+](=O)[O-])cc3c2OCOC3)n1-c1ccc(Cl)cc1)N(C)C. The van der Waals surface area contributed by atoms with Crippen LogP contribution in [-0.4, -0.2) is 45.5 Å². The van der Waals surface area contributed by atoms with Gasteiger partial charge in [-0.2, -0.15) is 0 Å². The fraction of sp³-hybridized carbons (Fsp3) is 0.333. The molecule has 0 spiro atoms. The van der Waals surface area contributed by atoms with Crippen molar-refractivity contribution < 1.29 is 14.4 Å². The number of aromatic nitrogens is 3. The number of nitro groups is 1. The number of halogens is 1. The second-order valence-electron chi connectivity index (χ2n) is 7.54. The lowest BCUT2D eigenvalue weighted by Crippen LogP contribution is -2.20. The molecule has 0 radical (unpaired) electrons. The summed E-state index contributed by atoms with van der Waals surface area (Å²) in [5.74, 6) is 1.84. The van der Waals surface area contributed by atoms with Gasteiger partial charge in [-0.3, -0.25) is 19.6 Å². The van der Waals surface area contributed by atoms with Gasteiger partial charge in [0.25, 0.3) is 5.69 Å². The van der Waals surface area contributed by atoms with Crippen molar-refractivity contribution in [3.8, 4) is 11.4 Å². The Bertz CT molecular complexity index is 1140. The summed E-state index contributed by atoms with van der Waals surface area (Å²) in [4.78, 5) is 13.0. The summed E-state index contributed by atoms with van der Waals surface area (Å²) in [5, 5.41) is 21.6. The predicted molar refractivity (Wildman–Crippen MR) is 121 cm³/mol. The first kappa shape index (κ1) is 22.5. The third-order valence-corrected chi connectivity index (χ3v) is 6.46. The van der Waals surface area contributed by atoms with E-state index in [1.165, 1.54) is 17.8 Å². The smallest absolute Gasteiger partial charge is 0.270 e.